The van der Waals surface area contributed by atoms with E-state index in [0.29, 0.717) is 12.8 Å². The van der Waals surface area contributed by atoms with Crippen LogP contribution in [0.2, 0.25) is 0 Å². The first-order valence-corrected chi connectivity index (χ1v) is 9.98. The van der Waals surface area contributed by atoms with Crippen LogP contribution in [0.5, 0.6) is 0 Å². The van der Waals surface area contributed by atoms with E-state index < -0.39 is 18.4 Å². The first-order valence-electron chi connectivity index (χ1n) is 9.98. The Morgan fingerprint density at radius 3 is 2.31 bits per heavy atom. The number of likely N-dealkylation sites (tertiary alicyclic amines) is 1. The number of nitrogens with one attached hydrogen (secondary N) is 1. The number of amides is 2. The van der Waals surface area contributed by atoms with Crippen LogP contribution in [0.4, 0.5) is 8.78 Å². The molecule has 0 aromatic carbocycles. The number of rotatable bonds is 4. The molecule has 3 aliphatic rings. The van der Waals surface area contributed by atoms with Crippen LogP contribution < -0.4 is 5.32 Å². The Hall–Kier alpha value is -1.24. The van der Waals surface area contributed by atoms with Crippen molar-refractivity contribution < 1.29 is 23.5 Å². The highest BCUT2D eigenvalue weighted by atomic mass is 19.3. The molecule has 148 valence electrons. The van der Waals surface area contributed by atoms with Gasteiger partial charge in [0.05, 0.1) is 12.5 Å². The van der Waals surface area contributed by atoms with Crippen molar-refractivity contribution in [1.82, 2.24) is 10.2 Å². The van der Waals surface area contributed by atoms with Gasteiger partial charge in [-0.05, 0) is 38.5 Å². The van der Waals surface area contributed by atoms with Crippen LogP contribution in [0.25, 0.3) is 0 Å². The Bertz CT molecular complexity index is 515. The van der Waals surface area contributed by atoms with E-state index in [9.17, 15) is 23.5 Å². The molecule has 1 atom stereocenters. The molecule has 1 heterocycles. The molecule has 1 unspecified atom stereocenters. The highest BCUT2D eigenvalue weighted by Gasteiger charge is 2.45. The Morgan fingerprint density at radius 2 is 1.69 bits per heavy atom. The Morgan fingerprint density at radius 1 is 1.04 bits per heavy atom. The summed E-state index contributed by atoms with van der Waals surface area (Å²) in [5.41, 5.74) is 0. The maximum atomic E-state index is 13.7. The molecule has 0 aromatic rings. The Balaban J connectivity index is 1.45. The SMILES string of the molecule is O=C(NC1CCC(C(=O)N2CCC(F)(F)C(CO)C2)CC1)C1CCCC1. The molecular formula is C19H30F2N2O3. The first-order chi connectivity index (χ1) is 12.4. The van der Waals surface area contributed by atoms with Crippen molar-refractivity contribution >= 4 is 11.8 Å². The summed E-state index contributed by atoms with van der Waals surface area (Å²) in [6, 6.07) is 0.128. The maximum Gasteiger partial charge on any atom is 0.256 e. The molecule has 3 fully saturated rings. The van der Waals surface area contributed by atoms with Gasteiger partial charge in [0.2, 0.25) is 11.8 Å². The second-order valence-electron chi connectivity index (χ2n) is 8.21. The third kappa shape index (κ3) is 4.35. The molecular weight excluding hydrogens is 342 g/mol. The van der Waals surface area contributed by atoms with Gasteiger partial charge in [0.15, 0.2) is 0 Å². The summed E-state index contributed by atoms with van der Waals surface area (Å²) in [6.07, 6.45) is 6.74. The molecule has 1 aliphatic heterocycles. The smallest absolute Gasteiger partial charge is 0.256 e. The van der Waals surface area contributed by atoms with Crippen LogP contribution in [0.1, 0.15) is 57.8 Å². The molecule has 2 saturated carbocycles. The number of aliphatic hydroxyl groups is 1. The maximum absolute atomic E-state index is 13.7. The lowest BCUT2D eigenvalue weighted by Crippen LogP contribution is -2.52. The summed E-state index contributed by atoms with van der Waals surface area (Å²) in [4.78, 5) is 26.4. The minimum absolute atomic E-state index is 0.0562. The molecule has 2 amide bonds. The summed E-state index contributed by atoms with van der Waals surface area (Å²) < 4.78 is 27.4. The van der Waals surface area contributed by atoms with Crippen molar-refractivity contribution in [3.8, 4) is 0 Å². The fourth-order valence-corrected chi connectivity index (χ4v) is 4.62. The van der Waals surface area contributed by atoms with E-state index in [1.165, 1.54) is 4.90 Å². The zero-order chi connectivity index (χ0) is 18.7. The lowest BCUT2D eigenvalue weighted by atomic mass is 9.84. The second-order valence-corrected chi connectivity index (χ2v) is 8.21. The number of halogens is 2. The van der Waals surface area contributed by atoms with Gasteiger partial charge >= 0.3 is 0 Å². The number of carbonyl (C=O) groups is 2. The van der Waals surface area contributed by atoms with E-state index in [1.807, 2.05) is 0 Å². The van der Waals surface area contributed by atoms with Gasteiger partial charge in [-0.15, -0.1) is 0 Å². The average Bonchev–Trinajstić information content (AvgIpc) is 3.16. The predicted molar refractivity (Wildman–Crippen MR) is 92.6 cm³/mol. The van der Waals surface area contributed by atoms with Crippen LogP contribution in [0.3, 0.4) is 0 Å². The van der Waals surface area contributed by atoms with E-state index in [1.54, 1.807) is 0 Å². The number of nitrogens with zero attached hydrogens (tertiary/aromatic N) is 1. The minimum atomic E-state index is -2.90. The van der Waals surface area contributed by atoms with Gasteiger partial charge in [-0.3, -0.25) is 9.59 Å². The summed E-state index contributed by atoms with van der Waals surface area (Å²) >= 11 is 0. The number of alkyl halides is 2. The van der Waals surface area contributed by atoms with E-state index in [4.69, 9.17) is 0 Å². The van der Waals surface area contributed by atoms with Crippen molar-refractivity contribution in [1.29, 1.82) is 0 Å². The number of hydrogen-bond donors (Lipinski definition) is 2. The highest BCUT2D eigenvalue weighted by Crippen LogP contribution is 2.35. The van der Waals surface area contributed by atoms with Gasteiger partial charge in [-0.1, -0.05) is 12.8 Å². The summed E-state index contributed by atoms with van der Waals surface area (Å²) in [5.74, 6) is -3.98. The molecule has 7 heteroatoms. The first kappa shape index (κ1) is 19.5. The Labute approximate surface area is 153 Å². The highest BCUT2D eigenvalue weighted by molar-refractivity contribution is 5.80. The van der Waals surface area contributed by atoms with Gasteiger partial charge in [0.25, 0.3) is 5.92 Å². The fourth-order valence-electron chi connectivity index (χ4n) is 4.62. The lowest BCUT2D eigenvalue weighted by molar-refractivity contribution is -0.153. The third-order valence-corrected chi connectivity index (χ3v) is 6.43. The number of piperidine rings is 1. The van der Waals surface area contributed by atoms with E-state index in [2.05, 4.69) is 5.32 Å². The van der Waals surface area contributed by atoms with Crippen molar-refractivity contribution in [3.05, 3.63) is 0 Å². The third-order valence-electron chi connectivity index (χ3n) is 6.43. The molecule has 2 N–H and O–H groups in total. The van der Waals surface area contributed by atoms with Crippen LogP contribution in [-0.2, 0) is 9.59 Å². The van der Waals surface area contributed by atoms with Gasteiger partial charge in [0, 0.05) is 37.4 Å². The van der Waals surface area contributed by atoms with Gasteiger partial charge in [-0.2, -0.15) is 0 Å². The summed E-state index contributed by atoms with van der Waals surface area (Å²) in [7, 11) is 0. The van der Waals surface area contributed by atoms with Gasteiger partial charge in [0.1, 0.15) is 0 Å². The zero-order valence-corrected chi connectivity index (χ0v) is 15.3. The molecule has 5 nitrogen and oxygen atoms in total. The van der Waals surface area contributed by atoms with E-state index in [-0.39, 0.29) is 49.2 Å². The van der Waals surface area contributed by atoms with Crippen LogP contribution in [0, 0.1) is 17.8 Å². The zero-order valence-electron chi connectivity index (χ0n) is 15.3. The van der Waals surface area contributed by atoms with Gasteiger partial charge in [-0.25, -0.2) is 8.78 Å². The normalized spacial score (nSPS) is 32.4. The molecule has 26 heavy (non-hydrogen) atoms. The summed E-state index contributed by atoms with van der Waals surface area (Å²) in [6.45, 7) is -0.613. The molecule has 0 bridgehead atoms. The van der Waals surface area contributed by atoms with E-state index >= 15 is 0 Å². The fraction of sp³-hybridized carbons (Fsp3) is 0.895. The number of aliphatic hydroxyl groups excluding tert-OH is 1. The molecule has 3 rings (SSSR count). The predicted octanol–water partition coefficient (Wildman–Crippen LogP) is 2.33. The Kier molecular flexibility index (Phi) is 6.15. The summed E-state index contributed by atoms with van der Waals surface area (Å²) in [5, 5.41) is 12.3. The van der Waals surface area contributed by atoms with Crippen molar-refractivity contribution in [3.63, 3.8) is 0 Å². The van der Waals surface area contributed by atoms with Crippen molar-refractivity contribution in [2.75, 3.05) is 19.7 Å². The molecule has 0 spiro atoms. The van der Waals surface area contributed by atoms with Gasteiger partial charge < -0.3 is 15.3 Å². The van der Waals surface area contributed by atoms with Crippen LogP contribution in [-0.4, -0.2) is 53.5 Å². The molecule has 1 saturated heterocycles. The number of hydrogen-bond acceptors (Lipinski definition) is 3. The lowest BCUT2D eigenvalue weighted by Gasteiger charge is -2.40. The van der Waals surface area contributed by atoms with Crippen molar-refractivity contribution in [2.45, 2.75) is 69.8 Å². The molecule has 2 aliphatic carbocycles. The van der Waals surface area contributed by atoms with Crippen LogP contribution >= 0.6 is 0 Å². The topological polar surface area (TPSA) is 69.6 Å². The van der Waals surface area contributed by atoms with Crippen molar-refractivity contribution in [2.24, 2.45) is 17.8 Å². The minimum Gasteiger partial charge on any atom is -0.396 e. The van der Waals surface area contributed by atoms with E-state index in [0.717, 1.165) is 38.5 Å². The quantitative estimate of drug-likeness (QED) is 0.796. The average molecular weight is 372 g/mol. The molecule has 0 aromatic heterocycles. The number of carbonyl (C=O) groups excluding carboxylic acids is 2. The second kappa shape index (κ2) is 8.19. The largest absolute Gasteiger partial charge is 0.396 e. The molecule has 0 radical (unpaired) electrons. The van der Waals surface area contributed by atoms with Crippen LogP contribution in [0.15, 0.2) is 0 Å². The standard InChI is InChI=1S/C19H30F2N2O3/c20-19(21)9-10-23(11-15(19)12-24)18(26)14-5-7-16(8-6-14)22-17(25)13-3-1-2-4-13/h13-16,24H,1-12H2,(H,22,25). The monoisotopic (exact) mass is 372 g/mol.